The molecule has 0 heterocycles. The van der Waals surface area contributed by atoms with Gasteiger partial charge in [-0.05, 0) is 35.1 Å². The van der Waals surface area contributed by atoms with E-state index in [4.69, 9.17) is 38.3 Å². The number of hydrogen-bond acceptors (Lipinski definition) is 10. The van der Waals surface area contributed by atoms with Crippen molar-refractivity contribution < 1.29 is 52.6 Å². The second-order valence-corrected chi connectivity index (χ2v) is 10.9. The topological polar surface area (TPSA) is 160 Å². The quantitative estimate of drug-likeness (QED) is 0.114. The standard InChI is InChI=1S/C35H50N2O11/c38-33(11-12-34(39)40)36-13-5-15-42-17-19-44-21-23-46-25-26-47-24-22-45-20-18-43-16-6-14-37-35(41)48-27-32-30-9-3-1-7-28(30)29-8-2-4-10-31(29)32/h1-4,7-10,32H,5-6,11-27H2,(H,36,38)(H,37,41)(H,39,40). The van der Waals surface area contributed by atoms with E-state index < -0.39 is 12.1 Å². The number of carboxylic acids is 1. The summed E-state index contributed by atoms with van der Waals surface area (Å²) in [7, 11) is 0. The number of carbonyl (C=O) groups is 3. The average molecular weight is 675 g/mol. The summed E-state index contributed by atoms with van der Waals surface area (Å²) in [5.74, 6) is -1.21. The molecule has 266 valence electrons. The Balaban J connectivity index is 1.00. The Morgan fingerprint density at radius 1 is 0.562 bits per heavy atom. The summed E-state index contributed by atoms with van der Waals surface area (Å²) in [4.78, 5) is 34.0. The summed E-state index contributed by atoms with van der Waals surface area (Å²) in [5.41, 5.74) is 4.78. The maximum absolute atomic E-state index is 12.2. The van der Waals surface area contributed by atoms with Crippen LogP contribution in [0.1, 0.15) is 42.7 Å². The third kappa shape index (κ3) is 16.0. The van der Waals surface area contributed by atoms with Crippen LogP contribution >= 0.6 is 0 Å². The van der Waals surface area contributed by atoms with E-state index in [9.17, 15) is 14.4 Å². The van der Waals surface area contributed by atoms with Gasteiger partial charge in [0.05, 0.1) is 72.5 Å². The number of amides is 2. The summed E-state index contributed by atoms with van der Waals surface area (Å²) < 4.78 is 38.4. The van der Waals surface area contributed by atoms with E-state index in [1.165, 1.54) is 22.3 Å². The Labute approximate surface area is 282 Å². The predicted octanol–water partition coefficient (Wildman–Crippen LogP) is 3.39. The van der Waals surface area contributed by atoms with Crippen molar-refractivity contribution in [2.45, 2.75) is 31.6 Å². The SMILES string of the molecule is O=C(O)CCC(=O)NCCCOCCOCCOCCOCCOCCOCCCNC(=O)OCC1c2ccccc2-c2ccccc21. The molecule has 0 bridgehead atoms. The molecule has 0 saturated heterocycles. The van der Waals surface area contributed by atoms with Gasteiger partial charge in [0.1, 0.15) is 6.61 Å². The number of rotatable bonds is 28. The van der Waals surface area contributed by atoms with Crippen LogP contribution in [0.15, 0.2) is 48.5 Å². The fourth-order valence-corrected chi connectivity index (χ4v) is 4.93. The first-order valence-electron chi connectivity index (χ1n) is 16.6. The fraction of sp³-hybridized carbons (Fsp3) is 0.571. The molecule has 13 nitrogen and oxygen atoms in total. The van der Waals surface area contributed by atoms with Crippen LogP contribution in [0.2, 0.25) is 0 Å². The van der Waals surface area contributed by atoms with Gasteiger partial charge >= 0.3 is 12.1 Å². The summed E-state index contributed by atoms with van der Waals surface area (Å²) in [6.45, 7) is 6.81. The van der Waals surface area contributed by atoms with Gasteiger partial charge < -0.3 is 48.9 Å². The molecule has 2 aromatic carbocycles. The van der Waals surface area contributed by atoms with Crippen LogP contribution in [0, 0.1) is 0 Å². The normalized spacial score (nSPS) is 12.0. The van der Waals surface area contributed by atoms with E-state index in [0.29, 0.717) is 112 Å². The molecule has 0 saturated carbocycles. The predicted molar refractivity (Wildman–Crippen MR) is 177 cm³/mol. The number of benzene rings is 2. The van der Waals surface area contributed by atoms with Gasteiger partial charge in [-0.2, -0.15) is 0 Å². The summed E-state index contributed by atoms with van der Waals surface area (Å²) in [5, 5.41) is 14.0. The number of nitrogens with one attached hydrogen (secondary N) is 2. The minimum atomic E-state index is -0.985. The van der Waals surface area contributed by atoms with Gasteiger partial charge in [0.25, 0.3) is 0 Å². The largest absolute Gasteiger partial charge is 0.481 e. The molecule has 2 aromatic rings. The molecule has 0 aliphatic heterocycles. The number of hydrogen-bond donors (Lipinski definition) is 3. The highest BCUT2D eigenvalue weighted by Gasteiger charge is 2.28. The zero-order chi connectivity index (χ0) is 34.1. The molecule has 0 fully saturated rings. The number of alkyl carbamates (subject to hydrolysis) is 1. The molecule has 0 spiro atoms. The summed E-state index contributed by atoms with van der Waals surface area (Å²) in [6.07, 6.45) is 0.719. The van der Waals surface area contributed by atoms with Crippen molar-refractivity contribution in [2.24, 2.45) is 0 Å². The van der Waals surface area contributed by atoms with Crippen LogP contribution in [0.4, 0.5) is 4.79 Å². The number of fused-ring (bicyclic) bond motifs is 3. The van der Waals surface area contributed by atoms with E-state index in [2.05, 4.69) is 34.9 Å². The molecular weight excluding hydrogens is 624 g/mol. The lowest BCUT2D eigenvalue weighted by atomic mass is 9.98. The van der Waals surface area contributed by atoms with Gasteiger partial charge in [-0.15, -0.1) is 0 Å². The Morgan fingerprint density at radius 3 is 1.44 bits per heavy atom. The molecule has 3 N–H and O–H groups in total. The average Bonchev–Trinajstić information content (AvgIpc) is 3.41. The summed E-state index contributed by atoms with van der Waals surface area (Å²) in [6, 6.07) is 16.5. The fourth-order valence-electron chi connectivity index (χ4n) is 4.93. The third-order valence-electron chi connectivity index (χ3n) is 7.29. The molecule has 0 radical (unpaired) electrons. The molecular formula is C35H50N2O11. The first-order chi connectivity index (χ1) is 23.6. The number of carboxylic acid groups (broad SMARTS) is 1. The third-order valence-corrected chi connectivity index (χ3v) is 7.29. The highest BCUT2D eigenvalue weighted by atomic mass is 16.6. The van der Waals surface area contributed by atoms with Crippen molar-refractivity contribution in [1.82, 2.24) is 10.6 Å². The monoisotopic (exact) mass is 674 g/mol. The number of ether oxygens (including phenoxy) is 7. The molecule has 48 heavy (non-hydrogen) atoms. The second-order valence-electron chi connectivity index (χ2n) is 10.9. The van der Waals surface area contributed by atoms with Gasteiger partial charge in [0.15, 0.2) is 0 Å². The summed E-state index contributed by atoms with van der Waals surface area (Å²) >= 11 is 0. The molecule has 1 aliphatic rings. The first kappa shape index (κ1) is 38.9. The second kappa shape index (κ2) is 24.5. The van der Waals surface area contributed by atoms with Crippen LogP contribution in [0.3, 0.4) is 0 Å². The molecule has 0 unspecified atom stereocenters. The maximum Gasteiger partial charge on any atom is 0.407 e. The van der Waals surface area contributed by atoms with Crippen LogP contribution in [-0.4, -0.2) is 122 Å². The zero-order valence-corrected chi connectivity index (χ0v) is 27.7. The van der Waals surface area contributed by atoms with Crippen LogP contribution in [-0.2, 0) is 42.7 Å². The van der Waals surface area contributed by atoms with Crippen molar-refractivity contribution >= 4 is 18.0 Å². The van der Waals surface area contributed by atoms with E-state index in [1.807, 2.05) is 24.3 Å². The van der Waals surface area contributed by atoms with Gasteiger partial charge in [-0.1, -0.05) is 48.5 Å². The number of carbonyl (C=O) groups excluding carboxylic acids is 2. The lowest BCUT2D eigenvalue weighted by Crippen LogP contribution is -2.27. The molecule has 0 aromatic heterocycles. The molecule has 2 amide bonds. The van der Waals surface area contributed by atoms with Crippen LogP contribution in [0.25, 0.3) is 11.1 Å². The van der Waals surface area contributed by atoms with Crippen molar-refractivity contribution in [3.8, 4) is 11.1 Å². The molecule has 13 heteroatoms. The van der Waals surface area contributed by atoms with Crippen LogP contribution in [0.5, 0.6) is 0 Å². The van der Waals surface area contributed by atoms with E-state index in [0.717, 1.165) is 0 Å². The van der Waals surface area contributed by atoms with Crippen LogP contribution < -0.4 is 10.6 Å². The van der Waals surface area contributed by atoms with Gasteiger partial charge in [0, 0.05) is 38.6 Å². The minimum Gasteiger partial charge on any atom is -0.481 e. The number of aliphatic carboxylic acids is 1. The van der Waals surface area contributed by atoms with E-state index in [1.54, 1.807) is 0 Å². The molecule has 1 aliphatic carbocycles. The molecule has 0 atom stereocenters. The zero-order valence-electron chi connectivity index (χ0n) is 27.7. The van der Waals surface area contributed by atoms with Gasteiger partial charge in [-0.25, -0.2) is 4.79 Å². The van der Waals surface area contributed by atoms with E-state index >= 15 is 0 Å². The maximum atomic E-state index is 12.2. The lowest BCUT2D eigenvalue weighted by Gasteiger charge is -2.14. The Bertz CT molecular complexity index is 1170. The van der Waals surface area contributed by atoms with Crippen molar-refractivity contribution in [2.75, 3.05) is 99.0 Å². The Morgan fingerprint density at radius 2 is 0.979 bits per heavy atom. The highest BCUT2D eigenvalue weighted by Crippen LogP contribution is 2.44. The van der Waals surface area contributed by atoms with Crippen molar-refractivity contribution in [3.63, 3.8) is 0 Å². The lowest BCUT2D eigenvalue weighted by molar-refractivity contribution is -0.138. The van der Waals surface area contributed by atoms with Gasteiger partial charge in [0.2, 0.25) is 5.91 Å². The van der Waals surface area contributed by atoms with Crippen molar-refractivity contribution in [3.05, 3.63) is 59.7 Å². The Kier molecular flexibility index (Phi) is 19.9. The minimum absolute atomic E-state index is 0.0130. The van der Waals surface area contributed by atoms with E-state index in [-0.39, 0.29) is 24.7 Å². The first-order valence-corrected chi connectivity index (χ1v) is 16.6. The highest BCUT2D eigenvalue weighted by molar-refractivity contribution is 5.80. The smallest absolute Gasteiger partial charge is 0.407 e. The Hall–Kier alpha value is -3.59. The molecule has 3 rings (SSSR count). The van der Waals surface area contributed by atoms with Gasteiger partial charge in [-0.3, -0.25) is 9.59 Å². The van der Waals surface area contributed by atoms with Crippen molar-refractivity contribution in [1.29, 1.82) is 0 Å².